The van der Waals surface area contributed by atoms with E-state index in [2.05, 4.69) is 16.9 Å². The number of rotatable bonds is 6. The summed E-state index contributed by atoms with van der Waals surface area (Å²) < 4.78 is 54.1. The van der Waals surface area contributed by atoms with Crippen LogP contribution in [0.15, 0.2) is 37.1 Å². The Morgan fingerprint density at radius 2 is 1.95 bits per heavy atom. The Morgan fingerprint density at radius 3 is 2.50 bits per heavy atom. The molecule has 0 amide bonds. The summed E-state index contributed by atoms with van der Waals surface area (Å²) in [7, 11) is 0. The van der Waals surface area contributed by atoms with Crippen molar-refractivity contribution in [3.8, 4) is 0 Å². The Balaban J connectivity index is 2.30. The van der Waals surface area contributed by atoms with Crippen molar-refractivity contribution in [1.29, 1.82) is 0 Å². The van der Waals surface area contributed by atoms with Gasteiger partial charge in [-0.2, -0.15) is 0 Å². The predicted octanol–water partition coefficient (Wildman–Crippen LogP) is 2.63. The Bertz CT molecular complexity index is 654. The molecule has 118 valence electrons. The highest BCUT2D eigenvalue weighted by Crippen LogP contribution is 2.30. The first kappa shape index (κ1) is 16.2. The second kappa shape index (κ2) is 6.27. The van der Waals surface area contributed by atoms with Crippen LogP contribution >= 0.6 is 0 Å². The molecule has 0 aliphatic rings. The molecule has 0 saturated carbocycles. The van der Waals surface area contributed by atoms with E-state index >= 15 is 0 Å². The smallest absolute Gasteiger partial charge is 0.272 e. The first-order chi connectivity index (χ1) is 10.4. The minimum Gasteiger partial charge on any atom is -0.377 e. The summed E-state index contributed by atoms with van der Waals surface area (Å²) in [6, 6.07) is 3.35. The molecule has 0 spiro atoms. The first-order valence-electron chi connectivity index (χ1n) is 6.33. The van der Waals surface area contributed by atoms with Crippen molar-refractivity contribution in [1.82, 2.24) is 15.0 Å². The average molecular weight is 315 g/mol. The van der Waals surface area contributed by atoms with Gasteiger partial charge in [0.25, 0.3) is 6.43 Å². The molecule has 4 nitrogen and oxygen atoms in total. The first-order valence-corrected chi connectivity index (χ1v) is 6.33. The molecule has 1 N–H and O–H groups in total. The lowest BCUT2D eigenvalue weighted by molar-refractivity contribution is -0.102. The number of aliphatic hydroxyl groups is 1. The van der Waals surface area contributed by atoms with Gasteiger partial charge in [0.05, 0.1) is 12.7 Å². The van der Waals surface area contributed by atoms with E-state index in [0.29, 0.717) is 0 Å². The molecule has 0 unspecified atom stereocenters. The Labute approximate surface area is 123 Å². The van der Waals surface area contributed by atoms with Gasteiger partial charge in [-0.15, -0.1) is 11.7 Å². The van der Waals surface area contributed by atoms with Crippen LogP contribution in [-0.4, -0.2) is 26.5 Å². The molecule has 0 fully saturated rings. The van der Waals surface area contributed by atoms with Crippen LogP contribution < -0.4 is 0 Å². The molecule has 1 heterocycles. The van der Waals surface area contributed by atoms with E-state index in [4.69, 9.17) is 0 Å². The van der Waals surface area contributed by atoms with Crippen LogP contribution in [0.1, 0.15) is 17.7 Å². The van der Waals surface area contributed by atoms with Crippen LogP contribution in [0, 0.1) is 11.6 Å². The van der Waals surface area contributed by atoms with Crippen LogP contribution in [0.2, 0.25) is 0 Å². The number of benzene rings is 1. The topological polar surface area (TPSA) is 50.9 Å². The quantitative estimate of drug-likeness (QED) is 0.658. The Hall–Kier alpha value is -2.22. The number of alkyl halides is 2. The lowest BCUT2D eigenvalue weighted by Crippen LogP contribution is -2.34. The summed E-state index contributed by atoms with van der Waals surface area (Å²) in [5.74, 6) is -1.57. The van der Waals surface area contributed by atoms with E-state index in [-0.39, 0.29) is 17.8 Å². The van der Waals surface area contributed by atoms with Crippen molar-refractivity contribution in [2.24, 2.45) is 0 Å². The van der Waals surface area contributed by atoms with Gasteiger partial charge in [0, 0.05) is 12.0 Å². The van der Waals surface area contributed by atoms with Crippen LogP contribution in [0.25, 0.3) is 0 Å². The molecule has 0 saturated heterocycles. The van der Waals surface area contributed by atoms with Gasteiger partial charge in [0.2, 0.25) is 0 Å². The van der Waals surface area contributed by atoms with Crippen LogP contribution in [-0.2, 0) is 12.1 Å². The van der Waals surface area contributed by atoms with E-state index < -0.39 is 30.1 Å². The molecular formula is C14H13F4N3O. The average Bonchev–Trinajstić information content (AvgIpc) is 2.92. The van der Waals surface area contributed by atoms with Gasteiger partial charge < -0.3 is 5.11 Å². The third kappa shape index (κ3) is 3.01. The molecule has 0 radical (unpaired) electrons. The van der Waals surface area contributed by atoms with E-state index in [1.807, 2.05) is 0 Å². The summed E-state index contributed by atoms with van der Waals surface area (Å²) in [4.78, 5) is 0. The number of hydrogen-bond donors (Lipinski definition) is 1. The summed E-state index contributed by atoms with van der Waals surface area (Å²) in [6.07, 6.45) is -1.39. The molecule has 0 aliphatic heterocycles. The summed E-state index contributed by atoms with van der Waals surface area (Å²) >= 11 is 0. The normalized spacial score (nSPS) is 14.1. The highest BCUT2D eigenvalue weighted by molar-refractivity contribution is 5.20. The van der Waals surface area contributed by atoms with Gasteiger partial charge in [-0.25, -0.2) is 22.2 Å². The fourth-order valence-electron chi connectivity index (χ4n) is 1.94. The molecule has 0 aliphatic carbocycles. The van der Waals surface area contributed by atoms with Crippen LogP contribution in [0.5, 0.6) is 0 Å². The molecule has 1 atom stereocenters. The van der Waals surface area contributed by atoms with E-state index in [0.717, 1.165) is 29.1 Å². The van der Waals surface area contributed by atoms with Gasteiger partial charge in [-0.05, 0) is 12.1 Å². The maximum absolute atomic E-state index is 13.5. The number of nitrogens with zero attached hydrogens (tertiary/aromatic N) is 3. The summed E-state index contributed by atoms with van der Waals surface area (Å²) in [6.45, 7) is 2.97. The minimum absolute atomic E-state index is 0.275. The lowest BCUT2D eigenvalue weighted by atomic mass is 9.97. The van der Waals surface area contributed by atoms with Crippen LogP contribution in [0.3, 0.4) is 0 Å². The second-order valence-corrected chi connectivity index (χ2v) is 4.72. The van der Waals surface area contributed by atoms with Crippen molar-refractivity contribution in [3.63, 3.8) is 0 Å². The van der Waals surface area contributed by atoms with Gasteiger partial charge in [-0.3, -0.25) is 0 Å². The molecule has 2 aromatic rings. The van der Waals surface area contributed by atoms with E-state index in [9.17, 15) is 22.7 Å². The molecule has 22 heavy (non-hydrogen) atoms. The zero-order chi connectivity index (χ0) is 16.3. The molecule has 0 bridgehead atoms. The van der Waals surface area contributed by atoms with Crippen molar-refractivity contribution in [2.45, 2.75) is 25.0 Å². The van der Waals surface area contributed by atoms with E-state index in [1.165, 1.54) is 6.07 Å². The Morgan fingerprint density at radius 1 is 1.32 bits per heavy atom. The zero-order valence-corrected chi connectivity index (χ0v) is 11.4. The second-order valence-electron chi connectivity index (χ2n) is 4.72. The van der Waals surface area contributed by atoms with Crippen molar-refractivity contribution < 1.29 is 22.7 Å². The maximum Gasteiger partial charge on any atom is 0.272 e. The van der Waals surface area contributed by atoms with Crippen molar-refractivity contribution in [3.05, 3.63) is 59.9 Å². The monoisotopic (exact) mass is 315 g/mol. The number of halogens is 4. The minimum atomic E-state index is -3.11. The highest BCUT2D eigenvalue weighted by atomic mass is 19.3. The third-order valence-corrected chi connectivity index (χ3v) is 3.18. The predicted molar refractivity (Wildman–Crippen MR) is 70.2 cm³/mol. The highest BCUT2D eigenvalue weighted by Gasteiger charge is 2.41. The van der Waals surface area contributed by atoms with E-state index in [1.54, 1.807) is 0 Å². The zero-order valence-electron chi connectivity index (χ0n) is 11.4. The molecular weight excluding hydrogens is 302 g/mol. The number of aromatic nitrogens is 3. The van der Waals surface area contributed by atoms with Crippen molar-refractivity contribution >= 4 is 0 Å². The molecule has 2 rings (SSSR count). The fraction of sp³-hybridized carbons (Fsp3) is 0.286. The van der Waals surface area contributed by atoms with Crippen molar-refractivity contribution in [2.75, 3.05) is 0 Å². The molecule has 8 heteroatoms. The van der Waals surface area contributed by atoms with Gasteiger partial charge >= 0.3 is 0 Å². The standard InChI is InChI=1S/C14H13F4N3O/c1-2-6-14(22,13(17)18)12-8-21(20-19-12)7-9-10(15)4-3-5-11(9)16/h2-5,8,13,22H,1,6-7H2/t14-/m0/s1. The number of hydrogen-bond acceptors (Lipinski definition) is 3. The van der Waals surface area contributed by atoms with Gasteiger partial charge in [-0.1, -0.05) is 17.4 Å². The molecule has 1 aromatic carbocycles. The maximum atomic E-state index is 13.5. The lowest BCUT2D eigenvalue weighted by Gasteiger charge is -2.22. The summed E-state index contributed by atoms with van der Waals surface area (Å²) in [5, 5.41) is 17.0. The largest absolute Gasteiger partial charge is 0.377 e. The Kier molecular flexibility index (Phi) is 4.60. The van der Waals surface area contributed by atoms with Crippen LogP contribution in [0.4, 0.5) is 17.6 Å². The summed E-state index contributed by atoms with van der Waals surface area (Å²) in [5.41, 5.74) is -3.20. The van der Waals surface area contributed by atoms with Gasteiger partial charge in [0.1, 0.15) is 17.3 Å². The van der Waals surface area contributed by atoms with Gasteiger partial charge in [0.15, 0.2) is 5.60 Å². The third-order valence-electron chi connectivity index (χ3n) is 3.18. The fourth-order valence-corrected chi connectivity index (χ4v) is 1.94. The molecule has 1 aromatic heterocycles. The SMILES string of the molecule is C=CC[C@](O)(c1cn(Cc2c(F)cccc2F)nn1)C(F)F.